The van der Waals surface area contributed by atoms with Crippen molar-refractivity contribution < 1.29 is 19.1 Å². The number of Topliss-reactive ketones (excluding diaryl/α,β-unsaturated/α-hetero) is 1. The van der Waals surface area contributed by atoms with E-state index in [1.54, 1.807) is 20.8 Å². The summed E-state index contributed by atoms with van der Waals surface area (Å²) in [6, 6.07) is 5.65. The molecule has 0 amide bonds. The number of halogens is 1. The van der Waals surface area contributed by atoms with Crippen LogP contribution >= 0.6 is 15.9 Å². The van der Waals surface area contributed by atoms with E-state index in [2.05, 4.69) is 20.9 Å². The summed E-state index contributed by atoms with van der Waals surface area (Å²) in [5.41, 5.74) is 3.02. The van der Waals surface area contributed by atoms with Crippen molar-refractivity contribution in [1.82, 2.24) is 4.98 Å². The van der Waals surface area contributed by atoms with Crippen LogP contribution in [-0.4, -0.2) is 30.0 Å². The number of carbonyl (C=O) groups excluding carboxylic acids is 2. The molecule has 0 aliphatic rings. The summed E-state index contributed by atoms with van der Waals surface area (Å²) in [4.78, 5) is 27.5. The van der Waals surface area contributed by atoms with Gasteiger partial charge in [-0.1, -0.05) is 6.07 Å². The van der Waals surface area contributed by atoms with Gasteiger partial charge in [-0.05, 0) is 66.9 Å². The van der Waals surface area contributed by atoms with Gasteiger partial charge in [0.25, 0.3) is 0 Å². The number of nitrogens with one attached hydrogen (secondary N) is 1. The molecule has 6 heteroatoms. The van der Waals surface area contributed by atoms with Crippen LogP contribution < -0.4 is 4.74 Å². The summed E-state index contributed by atoms with van der Waals surface area (Å²) in [5, 5.41) is 0. The van der Waals surface area contributed by atoms with Gasteiger partial charge in [-0.15, -0.1) is 0 Å². The van der Waals surface area contributed by atoms with Crippen molar-refractivity contribution in [2.24, 2.45) is 0 Å². The van der Waals surface area contributed by atoms with Crippen LogP contribution in [0.2, 0.25) is 0 Å². The Hall–Kier alpha value is -2.08. The van der Waals surface area contributed by atoms with E-state index in [4.69, 9.17) is 9.47 Å². The smallest absolute Gasteiger partial charge is 0.339 e. The zero-order valence-corrected chi connectivity index (χ0v) is 15.9. The molecule has 128 valence electrons. The third-order valence-electron chi connectivity index (χ3n) is 3.83. The molecule has 2 aromatic rings. The first-order chi connectivity index (χ1) is 11.3. The van der Waals surface area contributed by atoms with Gasteiger partial charge in [-0.3, -0.25) is 4.79 Å². The van der Waals surface area contributed by atoms with Gasteiger partial charge >= 0.3 is 5.97 Å². The third kappa shape index (κ3) is 3.53. The van der Waals surface area contributed by atoms with Crippen LogP contribution in [0.1, 0.15) is 44.6 Å². The first-order valence-electron chi connectivity index (χ1n) is 7.50. The molecule has 2 rings (SSSR count). The second-order valence-corrected chi connectivity index (χ2v) is 6.53. The molecule has 0 saturated carbocycles. The molecule has 24 heavy (non-hydrogen) atoms. The number of H-pyrrole nitrogens is 1. The molecular weight excluding hydrogens is 374 g/mol. The van der Waals surface area contributed by atoms with Gasteiger partial charge in [0, 0.05) is 5.69 Å². The Bertz CT molecular complexity index is 795. The maximum atomic E-state index is 12.7. The topological polar surface area (TPSA) is 68.4 Å². The molecule has 0 bridgehead atoms. The Kier molecular flexibility index (Phi) is 5.49. The van der Waals surface area contributed by atoms with E-state index in [-0.39, 0.29) is 5.78 Å². The Morgan fingerprint density at radius 3 is 2.46 bits per heavy atom. The molecule has 0 spiro atoms. The zero-order chi connectivity index (χ0) is 18.0. The highest BCUT2D eigenvalue weighted by atomic mass is 79.9. The summed E-state index contributed by atoms with van der Waals surface area (Å²) >= 11 is 3.43. The second-order valence-electron chi connectivity index (χ2n) is 5.67. The summed E-state index contributed by atoms with van der Waals surface area (Å²) in [7, 11) is 1.32. The number of hydrogen-bond donors (Lipinski definition) is 1. The molecule has 1 aromatic carbocycles. The zero-order valence-electron chi connectivity index (χ0n) is 14.3. The Labute approximate surface area is 149 Å². The molecule has 1 aromatic heterocycles. The average Bonchev–Trinajstić information content (AvgIpc) is 2.83. The number of aromatic nitrogens is 1. The van der Waals surface area contributed by atoms with Crippen molar-refractivity contribution in [2.75, 3.05) is 7.11 Å². The Morgan fingerprint density at radius 1 is 1.21 bits per heavy atom. The summed E-state index contributed by atoms with van der Waals surface area (Å²) in [5.74, 6) is -0.0936. The number of benzene rings is 1. The molecular formula is C18H20BrNO4. The van der Waals surface area contributed by atoms with Crippen LogP contribution in [0.5, 0.6) is 5.75 Å². The molecule has 0 aliphatic heterocycles. The fraction of sp³-hybridized carbons (Fsp3) is 0.333. The van der Waals surface area contributed by atoms with Crippen molar-refractivity contribution in [3.05, 3.63) is 50.8 Å². The third-order valence-corrected chi connectivity index (χ3v) is 4.45. The monoisotopic (exact) mass is 393 g/mol. The van der Waals surface area contributed by atoms with E-state index in [9.17, 15) is 9.59 Å². The fourth-order valence-corrected chi connectivity index (χ4v) is 3.14. The number of esters is 1. The van der Waals surface area contributed by atoms with Gasteiger partial charge in [0.15, 0.2) is 6.10 Å². The van der Waals surface area contributed by atoms with E-state index in [1.807, 2.05) is 25.1 Å². The number of ether oxygens (including phenoxy) is 2. The molecule has 1 N–H and O–H groups in total. The van der Waals surface area contributed by atoms with Crippen LogP contribution in [0.25, 0.3) is 0 Å². The highest BCUT2D eigenvalue weighted by Crippen LogP contribution is 2.28. The second kappa shape index (κ2) is 7.21. The van der Waals surface area contributed by atoms with Crippen LogP contribution in [0.15, 0.2) is 22.7 Å². The lowest BCUT2D eigenvalue weighted by Gasteiger charge is -2.15. The number of aryl methyl sites for hydroxylation is 2. The maximum Gasteiger partial charge on any atom is 0.339 e. The maximum absolute atomic E-state index is 12.7. The van der Waals surface area contributed by atoms with Gasteiger partial charge in [0.1, 0.15) is 5.75 Å². The van der Waals surface area contributed by atoms with Gasteiger partial charge in [0.2, 0.25) is 5.78 Å². The number of aromatic amines is 1. The van der Waals surface area contributed by atoms with Gasteiger partial charge in [0.05, 0.1) is 22.8 Å². The van der Waals surface area contributed by atoms with E-state index in [0.29, 0.717) is 28.3 Å². The molecule has 0 fully saturated rings. The minimum absolute atomic E-state index is 0.224. The van der Waals surface area contributed by atoms with Crippen LogP contribution in [0, 0.1) is 20.8 Å². The molecule has 0 unspecified atom stereocenters. The molecule has 0 radical (unpaired) electrons. The minimum Gasteiger partial charge on any atom is -0.481 e. The summed E-state index contributed by atoms with van der Waals surface area (Å²) < 4.78 is 11.3. The normalized spacial score (nSPS) is 11.9. The number of carbonyl (C=O) groups is 2. The Morgan fingerprint density at radius 2 is 1.88 bits per heavy atom. The van der Waals surface area contributed by atoms with Crippen LogP contribution in [0.3, 0.4) is 0 Å². The van der Waals surface area contributed by atoms with Crippen LogP contribution in [-0.2, 0) is 4.74 Å². The first kappa shape index (κ1) is 18.3. The van der Waals surface area contributed by atoms with Crippen molar-refractivity contribution in [2.45, 2.75) is 33.8 Å². The lowest BCUT2D eigenvalue weighted by molar-refractivity contribution is 0.0599. The number of methoxy groups -OCH3 is 1. The van der Waals surface area contributed by atoms with Gasteiger partial charge < -0.3 is 14.5 Å². The molecule has 1 heterocycles. The van der Waals surface area contributed by atoms with Crippen molar-refractivity contribution in [3.63, 3.8) is 0 Å². The van der Waals surface area contributed by atoms with Crippen molar-refractivity contribution in [3.8, 4) is 5.75 Å². The van der Waals surface area contributed by atoms with Crippen molar-refractivity contribution in [1.29, 1.82) is 0 Å². The number of ketones is 1. The quantitative estimate of drug-likeness (QED) is 0.612. The number of hydrogen-bond acceptors (Lipinski definition) is 4. The summed E-state index contributed by atoms with van der Waals surface area (Å²) in [6.45, 7) is 7.11. The predicted octanol–water partition coefficient (Wildman–Crippen LogP) is 4.14. The Balaban J connectivity index is 2.27. The van der Waals surface area contributed by atoms with E-state index < -0.39 is 12.1 Å². The SMILES string of the molecule is COC(=O)c1c(C)[nH]c(C(=O)[C@@H](C)Oc2ccc(C)cc2Br)c1C. The lowest BCUT2D eigenvalue weighted by atomic mass is 10.1. The first-order valence-corrected chi connectivity index (χ1v) is 8.30. The van der Waals surface area contributed by atoms with E-state index in [1.165, 1.54) is 7.11 Å². The molecule has 0 aliphatic carbocycles. The molecule has 1 atom stereocenters. The highest BCUT2D eigenvalue weighted by molar-refractivity contribution is 9.10. The van der Waals surface area contributed by atoms with E-state index in [0.717, 1.165) is 10.0 Å². The average molecular weight is 394 g/mol. The fourth-order valence-electron chi connectivity index (χ4n) is 2.55. The largest absolute Gasteiger partial charge is 0.481 e. The minimum atomic E-state index is -0.703. The van der Waals surface area contributed by atoms with Crippen molar-refractivity contribution >= 4 is 27.7 Å². The highest BCUT2D eigenvalue weighted by Gasteiger charge is 2.26. The summed E-state index contributed by atoms with van der Waals surface area (Å²) in [6.07, 6.45) is -0.703. The number of rotatable bonds is 5. The van der Waals surface area contributed by atoms with Crippen LogP contribution in [0.4, 0.5) is 0 Å². The van der Waals surface area contributed by atoms with Gasteiger partial charge in [-0.2, -0.15) is 0 Å². The molecule has 0 saturated heterocycles. The molecule has 5 nitrogen and oxygen atoms in total. The van der Waals surface area contributed by atoms with E-state index >= 15 is 0 Å². The van der Waals surface area contributed by atoms with Gasteiger partial charge in [-0.25, -0.2) is 4.79 Å². The predicted molar refractivity (Wildman–Crippen MR) is 94.9 cm³/mol. The lowest BCUT2D eigenvalue weighted by Crippen LogP contribution is -2.25. The standard InChI is InChI=1S/C18H20BrNO4/c1-9-6-7-14(13(19)8-9)24-12(4)17(21)16-10(2)15(11(3)20-16)18(22)23-5/h6-8,12,20H,1-5H3/t12-/m1/s1.